The maximum Gasteiger partial charge on any atom is 0.328 e. The number of nitrogen functional groups attached to an aromatic ring is 1. The maximum absolute atomic E-state index is 12.4. The molecular formula is C13H19N3O2. The summed E-state index contributed by atoms with van der Waals surface area (Å²) >= 11 is 0. The summed E-state index contributed by atoms with van der Waals surface area (Å²) < 4.78 is 24.7. The third kappa shape index (κ3) is 2.26. The van der Waals surface area contributed by atoms with Crippen molar-refractivity contribution in [2.75, 3.05) is 5.73 Å². The average Bonchev–Trinajstić information content (AvgIpc) is 2.56. The summed E-state index contributed by atoms with van der Waals surface area (Å²) in [4.78, 5) is 12.4. The average molecular weight is 252 g/mol. The van der Waals surface area contributed by atoms with Crippen LogP contribution in [0.2, 0.25) is 0 Å². The number of aromatic nitrogens is 2. The van der Waals surface area contributed by atoms with Crippen molar-refractivity contribution in [1.82, 2.24) is 9.13 Å². The minimum atomic E-state index is -2.56. The number of imidazole rings is 1. The summed E-state index contributed by atoms with van der Waals surface area (Å²) in [5, 5.41) is 9.81. The minimum absolute atomic E-state index is 0.214. The van der Waals surface area contributed by atoms with Crippen LogP contribution >= 0.6 is 0 Å². The molecule has 2 aromatic rings. The number of benzene rings is 1. The van der Waals surface area contributed by atoms with E-state index in [-0.39, 0.29) is 6.54 Å². The predicted octanol–water partition coefficient (Wildman–Crippen LogP) is 1.08. The molecule has 1 aromatic carbocycles. The molecule has 0 bridgehead atoms. The highest BCUT2D eigenvalue weighted by atomic mass is 16.3. The highest BCUT2D eigenvalue weighted by Gasteiger charge is 2.16. The highest BCUT2D eigenvalue weighted by Crippen LogP contribution is 2.17. The summed E-state index contributed by atoms with van der Waals surface area (Å²) in [5.74, 6) is 0. The largest absolute Gasteiger partial charge is 0.399 e. The molecule has 5 heteroatoms. The van der Waals surface area contributed by atoms with Gasteiger partial charge in [-0.3, -0.25) is 9.13 Å². The molecule has 0 fully saturated rings. The third-order valence-electron chi connectivity index (χ3n) is 2.90. The van der Waals surface area contributed by atoms with E-state index in [4.69, 9.17) is 9.85 Å². The summed E-state index contributed by atoms with van der Waals surface area (Å²) in [5.41, 5.74) is 5.37. The first-order valence-corrected chi connectivity index (χ1v) is 5.74. The summed E-state index contributed by atoms with van der Waals surface area (Å²) in [6.07, 6.45) is 0.321. The molecule has 0 radical (unpaired) electrons. The van der Waals surface area contributed by atoms with Crippen LogP contribution in [0.5, 0.6) is 0 Å². The van der Waals surface area contributed by atoms with Gasteiger partial charge in [-0.2, -0.15) is 0 Å². The second kappa shape index (κ2) is 4.17. The Morgan fingerprint density at radius 2 is 2.17 bits per heavy atom. The van der Waals surface area contributed by atoms with E-state index in [2.05, 4.69) is 0 Å². The number of nitrogens with zero attached hydrogens (tertiary/aromatic N) is 2. The Balaban J connectivity index is 2.67. The van der Waals surface area contributed by atoms with Crippen molar-refractivity contribution in [3.8, 4) is 0 Å². The van der Waals surface area contributed by atoms with Crippen LogP contribution in [-0.4, -0.2) is 19.8 Å². The minimum Gasteiger partial charge on any atom is -0.399 e. The smallest absolute Gasteiger partial charge is 0.328 e. The van der Waals surface area contributed by atoms with E-state index in [1.165, 1.54) is 10.6 Å². The number of hydrogen-bond acceptors (Lipinski definition) is 3. The lowest BCUT2D eigenvalue weighted by Gasteiger charge is -2.16. The Morgan fingerprint density at radius 3 is 2.78 bits per heavy atom. The van der Waals surface area contributed by atoms with Crippen molar-refractivity contribution >= 4 is 16.7 Å². The van der Waals surface area contributed by atoms with Crippen molar-refractivity contribution in [1.29, 1.82) is 0 Å². The van der Waals surface area contributed by atoms with Gasteiger partial charge in [-0.1, -0.05) is 0 Å². The number of rotatable bonds is 3. The van der Waals surface area contributed by atoms with Crippen LogP contribution in [-0.2, 0) is 13.5 Å². The van der Waals surface area contributed by atoms with Crippen LogP contribution in [0.25, 0.3) is 11.0 Å². The van der Waals surface area contributed by atoms with Crippen molar-refractivity contribution in [3.05, 3.63) is 28.7 Å². The van der Waals surface area contributed by atoms with Crippen molar-refractivity contribution < 1.29 is 9.22 Å². The topological polar surface area (TPSA) is 73.2 Å². The first kappa shape index (κ1) is 9.22. The Labute approximate surface area is 110 Å². The third-order valence-corrected chi connectivity index (χ3v) is 2.90. The zero-order valence-corrected chi connectivity index (χ0v) is 10.5. The van der Waals surface area contributed by atoms with Gasteiger partial charge in [0, 0.05) is 23.3 Å². The standard InChI is InChI=1S/C13H19N3O2/c1-13(2,18)6-7-16-11-8-9(14)4-5-10(11)15(3)12(16)17/h4-5,8,18H,6-7,14H2,1-3H3/i3D3. The quantitative estimate of drug-likeness (QED) is 0.803. The molecule has 1 heterocycles. The SMILES string of the molecule is [2H]C([2H])([2H])n1c(=O)n(CCC(C)(C)O)c2cc(N)ccc21. The van der Waals surface area contributed by atoms with Crippen LogP contribution in [0.4, 0.5) is 5.69 Å². The molecule has 0 amide bonds. The fourth-order valence-corrected chi connectivity index (χ4v) is 1.87. The molecule has 0 saturated heterocycles. The molecule has 98 valence electrons. The second-order valence-electron chi connectivity index (χ2n) is 5.08. The van der Waals surface area contributed by atoms with Gasteiger partial charge in [0.2, 0.25) is 0 Å². The van der Waals surface area contributed by atoms with Crippen molar-refractivity contribution in [2.45, 2.75) is 32.4 Å². The zero-order valence-electron chi connectivity index (χ0n) is 13.5. The van der Waals surface area contributed by atoms with Crippen LogP contribution in [0.15, 0.2) is 23.0 Å². The molecule has 0 aliphatic heterocycles. The molecule has 0 unspecified atom stereocenters. The Kier molecular flexibility index (Phi) is 2.14. The van der Waals surface area contributed by atoms with Crippen molar-refractivity contribution in [2.24, 2.45) is 6.98 Å². The van der Waals surface area contributed by atoms with E-state index >= 15 is 0 Å². The van der Waals surface area contributed by atoms with E-state index in [0.717, 1.165) is 4.57 Å². The van der Waals surface area contributed by atoms with E-state index in [0.29, 0.717) is 23.1 Å². The Bertz CT molecular complexity index is 723. The number of anilines is 1. The molecule has 0 aliphatic carbocycles. The monoisotopic (exact) mass is 252 g/mol. The van der Waals surface area contributed by atoms with Crippen LogP contribution < -0.4 is 11.4 Å². The maximum atomic E-state index is 12.4. The first-order valence-electron chi connectivity index (χ1n) is 7.24. The fourth-order valence-electron chi connectivity index (χ4n) is 1.87. The summed E-state index contributed by atoms with van der Waals surface area (Å²) in [6.45, 7) is 0.918. The Morgan fingerprint density at radius 1 is 1.44 bits per heavy atom. The van der Waals surface area contributed by atoms with Crippen LogP contribution in [0.1, 0.15) is 24.4 Å². The first-order chi connectivity index (χ1) is 9.50. The second-order valence-corrected chi connectivity index (χ2v) is 5.08. The lowest BCUT2D eigenvalue weighted by atomic mass is 10.1. The number of aryl methyl sites for hydroxylation is 2. The van der Waals surface area contributed by atoms with E-state index in [1.807, 2.05) is 0 Å². The lowest BCUT2D eigenvalue weighted by molar-refractivity contribution is 0.0662. The molecule has 18 heavy (non-hydrogen) atoms. The molecule has 0 saturated carbocycles. The molecule has 0 aliphatic rings. The fraction of sp³-hybridized carbons (Fsp3) is 0.462. The van der Waals surface area contributed by atoms with Gasteiger partial charge in [0.05, 0.1) is 16.6 Å². The highest BCUT2D eigenvalue weighted by molar-refractivity contribution is 5.79. The molecule has 5 nitrogen and oxygen atoms in total. The summed E-state index contributed by atoms with van der Waals surface area (Å²) in [7, 11) is 0. The molecular weight excluding hydrogens is 230 g/mol. The molecule has 0 atom stereocenters. The van der Waals surface area contributed by atoms with Gasteiger partial charge in [0.15, 0.2) is 0 Å². The molecule has 3 N–H and O–H groups in total. The van der Waals surface area contributed by atoms with Gasteiger partial charge in [0.1, 0.15) is 0 Å². The number of hydrogen-bond donors (Lipinski definition) is 2. The van der Waals surface area contributed by atoms with Gasteiger partial charge >= 0.3 is 5.69 Å². The van der Waals surface area contributed by atoms with Gasteiger partial charge in [0.25, 0.3) is 0 Å². The normalized spacial score (nSPS) is 15.4. The van der Waals surface area contributed by atoms with Gasteiger partial charge < -0.3 is 10.8 Å². The van der Waals surface area contributed by atoms with E-state index in [1.54, 1.807) is 26.0 Å². The van der Waals surface area contributed by atoms with Gasteiger partial charge in [-0.25, -0.2) is 4.79 Å². The lowest BCUT2D eigenvalue weighted by Crippen LogP contribution is -2.27. The Hall–Kier alpha value is -1.75. The zero-order chi connectivity index (χ0) is 16.0. The van der Waals surface area contributed by atoms with Crippen molar-refractivity contribution in [3.63, 3.8) is 0 Å². The van der Waals surface area contributed by atoms with Crippen LogP contribution in [0.3, 0.4) is 0 Å². The number of nitrogens with two attached hydrogens (primary N) is 1. The summed E-state index contributed by atoms with van der Waals surface area (Å²) in [6, 6.07) is 4.66. The molecule has 2 rings (SSSR count). The number of aliphatic hydroxyl groups is 1. The molecule has 1 aromatic heterocycles. The number of fused-ring (bicyclic) bond motifs is 1. The molecule has 0 spiro atoms. The van der Waals surface area contributed by atoms with Gasteiger partial charge in [-0.05, 0) is 38.5 Å². The predicted molar refractivity (Wildman–Crippen MR) is 72.5 cm³/mol. The van der Waals surface area contributed by atoms with Crippen LogP contribution in [0, 0.1) is 0 Å². The van der Waals surface area contributed by atoms with E-state index in [9.17, 15) is 9.90 Å². The van der Waals surface area contributed by atoms with E-state index < -0.39 is 18.3 Å². The van der Waals surface area contributed by atoms with Gasteiger partial charge in [-0.15, -0.1) is 0 Å².